The monoisotopic (exact) mass is 423 g/mol. The van der Waals surface area contributed by atoms with Gasteiger partial charge in [0.05, 0.1) is 23.3 Å². The van der Waals surface area contributed by atoms with Gasteiger partial charge in [0.25, 0.3) is 0 Å². The Morgan fingerprint density at radius 2 is 1.90 bits per heavy atom. The molecule has 3 rings (SSSR count). The lowest BCUT2D eigenvalue weighted by Gasteiger charge is -2.29. The van der Waals surface area contributed by atoms with Crippen molar-refractivity contribution in [3.05, 3.63) is 54.1 Å². The van der Waals surface area contributed by atoms with Gasteiger partial charge in [-0.2, -0.15) is 0 Å². The van der Waals surface area contributed by atoms with E-state index in [0.717, 1.165) is 28.8 Å². The minimum atomic E-state index is -3.77. The predicted octanol–water partition coefficient (Wildman–Crippen LogP) is 2.50. The maximum absolute atomic E-state index is 13.5. The van der Waals surface area contributed by atoms with Gasteiger partial charge in [-0.15, -0.1) is 0 Å². The molecule has 0 aliphatic carbocycles. The quantitative estimate of drug-likeness (QED) is 0.774. The normalized spacial score (nSPS) is 13.6. The number of nitrogens with zero attached hydrogens (tertiary/aromatic N) is 2. The van der Waals surface area contributed by atoms with Crippen LogP contribution < -0.4 is 14.5 Å². The Balaban J connectivity index is 1.71. The highest BCUT2D eigenvalue weighted by Gasteiger charge is 2.27. The SMILES string of the molecule is CS(=O)(=O)N(CCCC(=O)N1CC(=O)Nc2ccccc21)c1ccc(F)c(F)c1. The fourth-order valence-corrected chi connectivity index (χ4v) is 4.05. The summed E-state index contributed by atoms with van der Waals surface area (Å²) in [6.45, 7) is -0.230. The van der Waals surface area contributed by atoms with Crippen molar-refractivity contribution >= 4 is 38.9 Å². The average Bonchev–Trinajstić information content (AvgIpc) is 2.65. The number of halogens is 2. The second kappa shape index (κ2) is 8.16. The third-order valence-corrected chi connectivity index (χ3v) is 5.61. The largest absolute Gasteiger partial charge is 0.323 e. The number of hydrogen-bond donors (Lipinski definition) is 1. The van der Waals surface area contributed by atoms with Gasteiger partial charge >= 0.3 is 0 Å². The zero-order valence-electron chi connectivity index (χ0n) is 15.6. The van der Waals surface area contributed by atoms with Crippen molar-refractivity contribution < 1.29 is 26.8 Å². The van der Waals surface area contributed by atoms with Crippen molar-refractivity contribution in [2.75, 3.05) is 33.9 Å². The molecule has 1 N–H and O–H groups in total. The van der Waals surface area contributed by atoms with Crippen LogP contribution in [0.1, 0.15) is 12.8 Å². The number of carbonyl (C=O) groups is 2. The molecule has 1 aliphatic heterocycles. The first kappa shape index (κ1) is 20.7. The van der Waals surface area contributed by atoms with Crippen LogP contribution in [0.2, 0.25) is 0 Å². The number of fused-ring (bicyclic) bond motifs is 1. The fourth-order valence-electron chi connectivity index (χ4n) is 3.09. The number of rotatable bonds is 6. The van der Waals surface area contributed by atoms with Crippen LogP contribution in [0.3, 0.4) is 0 Å². The second-order valence-corrected chi connectivity index (χ2v) is 8.49. The molecule has 1 aliphatic rings. The average molecular weight is 423 g/mol. The number of amides is 2. The molecular formula is C19H19F2N3O4S. The number of nitrogens with one attached hydrogen (secondary N) is 1. The maximum Gasteiger partial charge on any atom is 0.244 e. The molecule has 2 aromatic carbocycles. The molecular weight excluding hydrogens is 404 g/mol. The van der Waals surface area contributed by atoms with Gasteiger partial charge in [0.1, 0.15) is 6.54 Å². The lowest BCUT2D eigenvalue weighted by atomic mass is 10.1. The number of anilines is 3. The molecule has 154 valence electrons. The van der Waals surface area contributed by atoms with E-state index in [1.807, 2.05) is 0 Å². The summed E-state index contributed by atoms with van der Waals surface area (Å²) in [5.74, 6) is -2.91. The number of sulfonamides is 1. The number of benzene rings is 2. The van der Waals surface area contributed by atoms with Crippen molar-refractivity contribution in [3.63, 3.8) is 0 Å². The van der Waals surface area contributed by atoms with Gasteiger partial charge in [0.2, 0.25) is 21.8 Å². The molecule has 0 bridgehead atoms. The molecule has 0 aromatic heterocycles. The predicted molar refractivity (Wildman–Crippen MR) is 105 cm³/mol. The smallest absolute Gasteiger partial charge is 0.244 e. The lowest BCUT2D eigenvalue weighted by Crippen LogP contribution is -2.42. The van der Waals surface area contributed by atoms with Gasteiger partial charge < -0.3 is 10.2 Å². The van der Waals surface area contributed by atoms with E-state index < -0.39 is 21.7 Å². The molecule has 2 amide bonds. The summed E-state index contributed by atoms with van der Waals surface area (Å²) in [6.07, 6.45) is 1.05. The summed E-state index contributed by atoms with van der Waals surface area (Å²) >= 11 is 0. The zero-order chi connectivity index (χ0) is 21.2. The Labute approximate surface area is 167 Å². The summed E-state index contributed by atoms with van der Waals surface area (Å²) in [4.78, 5) is 25.8. The molecule has 0 saturated heterocycles. The Bertz CT molecular complexity index is 1060. The van der Waals surface area contributed by atoms with E-state index in [-0.39, 0.29) is 43.4 Å². The first-order valence-electron chi connectivity index (χ1n) is 8.79. The van der Waals surface area contributed by atoms with Gasteiger partial charge in [0.15, 0.2) is 11.6 Å². The standard InChI is InChI=1S/C19H19F2N3O4S/c1-29(27,28)24(13-8-9-14(20)15(21)11-13)10-4-7-19(26)23-12-18(25)22-16-5-2-3-6-17(16)23/h2-3,5-6,8-9,11H,4,7,10,12H2,1H3,(H,22,25). The van der Waals surface area contributed by atoms with Crippen LogP contribution in [0.25, 0.3) is 0 Å². The summed E-state index contributed by atoms with van der Waals surface area (Å²) < 4.78 is 51.7. The zero-order valence-corrected chi connectivity index (χ0v) is 16.4. The summed E-state index contributed by atoms with van der Waals surface area (Å²) in [5.41, 5.74) is 1.07. The van der Waals surface area contributed by atoms with E-state index in [1.54, 1.807) is 24.3 Å². The van der Waals surface area contributed by atoms with Crippen LogP contribution in [-0.4, -0.2) is 39.6 Å². The lowest BCUT2D eigenvalue weighted by molar-refractivity contribution is -0.121. The molecule has 0 fully saturated rings. The molecule has 0 spiro atoms. The van der Waals surface area contributed by atoms with Crippen molar-refractivity contribution in [2.45, 2.75) is 12.8 Å². The van der Waals surface area contributed by atoms with Gasteiger partial charge in [-0.1, -0.05) is 12.1 Å². The van der Waals surface area contributed by atoms with Crippen LogP contribution in [0.5, 0.6) is 0 Å². The molecule has 10 heteroatoms. The third kappa shape index (κ3) is 4.70. The second-order valence-electron chi connectivity index (χ2n) is 6.58. The Kier molecular flexibility index (Phi) is 5.83. The molecule has 0 atom stereocenters. The van der Waals surface area contributed by atoms with Gasteiger partial charge in [-0.3, -0.25) is 13.9 Å². The molecule has 29 heavy (non-hydrogen) atoms. The van der Waals surface area contributed by atoms with Crippen molar-refractivity contribution in [1.82, 2.24) is 0 Å². The van der Waals surface area contributed by atoms with Crippen LogP contribution in [-0.2, 0) is 19.6 Å². The van der Waals surface area contributed by atoms with Crippen LogP contribution in [0.15, 0.2) is 42.5 Å². The molecule has 0 saturated carbocycles. The fraction of sp³-hybridized carbons (Fsp3) is 0.263. The van der Waals surface area contributed by atoms with Crippen molar-refractivity contribution in [1.29, 1.82) is 0 Å². The minimum absolute atomic E-state index is 0.0263. The van der Waals surface area contributed by atoms with Crippen LogP contribution in [0.4, 0.5) is 25.8 Å². The van der Waals surface area contributed by atoms with Crippen LogP contribution >= 0.6 is 0 Å². The number of carbonyl (C=O) groups excluding carboxylic acids is 2. The number of para-hydroxylation sites is 2. The molecule has 7 nitrogen and oxygen atoms in total. The highest BCUT2D eigenvalue weighted by Crippen LogP contribution is 2.29. The third-order valence-electron chi connectivity index (χ3n) is 4.42. The van der Waals surface area contributed by atoms with Crippen molar-refractivity contribution in [2.24, 2.45) is 0 Å². The van der Waals surface area contributed by atoms with E-state index in [4.69, 9.17) is 0 Å². The number of hydrogen-bond acceptors (Lipinski definition) is 4. The Morgan fingerprint density at radius 1 is 1.17 bits per heavy atom. The maximum atomic E-state index is 13.5. The molecule has 0 radical (unpaired) electrons. The van der Waals surface area contributed by atoms with E-state index in [0.29, 0.717) is 11.4 Å². The molecule has 1 heterocycles. The van der Waals surface area contributed by atoms with E-state index in [2.05, 4.69) is 5.32 Å². The first-order valence-corrected chi connectivity index (χ1v) is 10.6. The summed E-state index contributed by atoms with van der Waals surface area (Å²) in [6, 6.07) is 9.66. The van der Waals surface area contributed by atoms with Crippen molar-refractivity contribution in [3.8, 4) is 0 Å². The Hall–Kier alpha value is -3.01. The highest BCUT2D eigenvalue weighted by atomic mass is 32.2. The minimum Gasteiger partial charge on any atom is -0.323 e. The van der Waals surface area contributed by atoms with E-state index >= 15 is 0 Å². The molecule has 2 aromatic rings. The molecule has 0 unspecified atom stereocenters. The highest BCUT2D eigenvalue weighted by molar-refractivity contribution is 7.92. The first-order chi connectivity index (χ1) is 13.7. The summed E-state index contributed by atoms with van der Waals surface area (Å²) in [5, 5.41) is 2.68. The van der Waals surface area contributed by atoms with Crippen LogP contribution in [0, 0.1) is 11.6 Å². The summed E-state index contributed by atoms with van der Waals surface area (Å²) in [7, 11) is -3.77. The topological polar surface area (TPSA) is 86.8 Å². The van der Waals surface area contributed by atoms with Gasteiger partial charge in [-0.05, 0) is 30.7 Å². The Morgan fingerprint density at radius 3 is 2.59 bits per heavy atom. The van der Waals surface area contributed by atoms with E-state index in [1.165, 1.54) is 4.90 Å². The van der Waals surface area contributed by atoms with Gasteiger partial charge in [0, 0.05) is 19.0 Å². The van der Waals surface area contributed by atoms with Gasteiger partial charge in [-0.25, -0.2) is 17.2 Å². The van der Waals surface area contributed by atoms with E-state index in [9.17, 15) is 26.8 Å².